The zero-order valence-corrected chi connectivity index (χ0v) is 12.4. The van der Waals surface area contributed by atoms with Crippen LogP contribution in [0.4, 0.5) is 0 Å². The Labute approximate surface area is 121 Å². The Balaban J connectivity index is 2.32. The second-order valence-corrected chi connectivity index (χ2v) is 5.44. The van der Waals surface area contributed by atoms with Crippen molar-refractivity contribution in [2.45, 2.75) is 20.3 Å². The molecule has 0 saturated heterocycles. The van der Waals surface area contributed by atoms with E-state index in [9.17, 15) is 4.79 Å². The molecule has 0 atom stereocenters. The van der Waals surface area contributed by atoms with Crippen molar-refractivity contribution in [3.8, 4) is 11.3 Å². The van der Waals surface area contributed by atoms with Crippen LogP contribution in [0.25, 0.3) is 11.3 Å². The minimum absolute atomic E-state index is 0.103. The van der Waals surface area contributed by atoms with Crippen LogP contribution in [0.1, 0.15) is 27.2 Å². The SMILES string of the molecule is Cc1cc(-c2c(C)nnn2C)c(Cl)c2c1CCNC2=O. The first-order valence-electron chi connectivity index (χ1n) is 6.47. The van der Waals surface area contributed by atoms with Gasteiger partial charge in [-0.1, -0.05) is 16.8 Å². The second kappa shape index (κ2) is 4.59. The van der Waals surface area contributed by atoms with E-state index in [4.69, 9.17) is 11.6 Å². The maximum atomic E-state index is 12.1. The molecule has 0 fully saturated rings. The smallest absolute Gasteiger partial charge is 0.253 e. The van der Waals surface area contributed by atoms with Crippen molar-refractivity contribution in [2.75, 3.05) is 6.54 Å². The number of fused-ring (bicyclic) bond motifs is 1. The summed E-state index contributed by atoms with van der Waals surface area (Å²) < 4.78 is 1.68. The van der Waals surface area contributed by atoms with E-state index in [1.165, 1.54) is 0 Å². The summed E-state index contributed by atoms with van der Waals surface area (Å²) in [5, 5.41) is 11.4. The summed E-state index contributed by atoms with van der Waals surface area (Å²) in [6.45, 7) is 4.55. The zero-order valence-electron chi connectivity index (χ0n) is 11.6. The fourth-order valence-electron chi connectivity index (χ4n) is 2.78. The lowest BCUT2D eigenvalue weighted by atomic mass is 9.92. The Morgan fingerprint density at radius 1 is 1.40 bits per heavy atom. The van der Waals surface area contributed by atoms with Crippen molar-refractivity contribution >= 4 is 17.5 Å². The van der Waals surface area contributed by atoms with Gasteiger partial charge in [0.1, 0.15) is 0 Å². The number of hydrogen-bond acceptors (Lipinski definition) is 3. The highest BCUT2D eigenvalue weighted by atomic mass is 35.5. The molecule has 2 heterocycles. The summed E-state index contributed by atoms with van der Waals surface area (Å²) in [5.41, 5.74) is 5.16. The van der Waals surface area contributed by atoms with Gasteiger partial charge in [-0.3, -0.25) is 4.79 Å². The molecular weight excluding hydrogens is 276 g/mol. The third-order valence-corrected chi connectivity index (χ3v) is 4.13. The number of carbonyl (C=O) groups excluding carboxylic acids is 1. The van der Waals surface area contributed by atoms with Gasteiger partial charge in [0.15, 0.2) is 0 Å². The molecule has 0 radical (unpaired) electrons. The zero-order chi connectivity index (χ0) is 14.4. The maximum absolute atomic E-state index is 12.1. The summed E-state index contributed by atoms with van der Waals surface area (Å²) in [6, 6.07) is 2.02. The molecule has 0 unspecified atom stereocenters. The fraction of sp³-hybridized carbons (Fsp3) is 0.357. The van der Waals surface area contributed by atoms with Crippen molar-refractivity contribution in [1.29, 1.82) is 0 Å². The minimum Gasteiger partial charge on any atom is -0.352 e. The molecule has 0 spiro atoms. The van der Waals surface area contributed by atoms with Gasteiger partial charge in [0.2, 0.25) is 0 Å². The predicted octanol–water partition coefficient (Wildman–Crippen LogP) is 2.04. The van der Waals surface area contributed by atoms with Gasteiger partial charge in [-0.25, -0.2) is 4.68 Å². The second-order valence-electron chi connectivity index (χ2n) is 5.06. The number of benzene rings is 1. The summed E-state index contributed by atoms with van der Waals surface area (Å²) in [7, 11) is 1.82. The Morgan fingerprint density at radius 3 is 2.80 bits per heavy atom. The maximum Gasteiger partial charge on any atom is 0.253 e. The first-order chi connectivity index (χ1) is 9.50. The number of rotatable bonds is 1. The van der Waals surface area contributed by atoms with Crippen molar-refractivity contribution in [1.82, 2.24) is 20.3 Å². The van der Waals surface area contributed by atoms with Gasteiger partial charge in [-0.2, -0.15) is 0 Å². The van der Waals surface area contributed by atoms with Gasteiger partial charge in [0, 0.05) is 19.2 Å². The lowest BCUT2D eigenvalue weighted by Gasteiger charge is -2.22. The average molecular weight is 291 g/mol. The van der Waals surface area contributed by atoms with Crippen LogP contribution in [-0.2, 0) is 13.5 Å². The normalized spacial score (nSPS) is 14.1. The number of hydrogen-bond donors (Lipinski definition) is 1. The molecule has 5 nitrogen and oxygen atoms in total. The molecule has 3 rings (SSSR count). The molecule has 0 saturated carbocycles. The lowest BCUT2D eigenvalue weighted by Crippen LogP contribution is -2.32. The summed E-state index contributed by atoms with van der Waals surface area (Å²) >= 11 is 6.50. The van der Waals surface area contributed by atoms with E-state index in [0.29, 0.717) is 17.1 Å². The molecule has 1 aromatic carbocycles. The number of nitrogens with one attached hydrogen (secondary N) is 1. The van der Waals surface area contributed by atoms with Gasteiger partial charge in [-0.05, 0) is 37.5 Å². The number of carbonyl (C=O) groups is 1. The van der Waals surface area contributed by atoms with Gasteiger partial charge in [0.25, 0.3) is 5.91 Å². The van der Waals surface area contributed by atoms with Crippen LogP contribution in [0.15, 0.2) is 6.07 Å². The van der Waals surface area contributed by atoms with E-state index in [0.717, 1.165) is 34.5 Å². The van der Waals surface area contributed by atoms with Crippen LogP contribution >= 0.6 is 11.6 Å². The summed E-state index contributed by atoms with van der Waals surface area (Å²) in [5.74, 6) is -0.103. The van der Waals surface area contributed by atoms with Crippen LogP contribution in [-0.4, -0.2) is 27.4 Å². The van der Waals surface area contributed by atoms with E-state index in [1.54, 1.807) is 4.68 Å². The highest BCUT2D eigenvalue weighted by molar-refractivity contribution is 6.36. The highest BCUT2D eigenvalue weighted by Gasteiger charge is 2.26. The minimum atomic E-state index is -0.103. The van der Waals surface area contributed by atoms with Crippen molar-refractivity contribution in [3.05, 3.63) is 33.5 Å². The molecule has 104 valence electrons. The highest BCUT2D eigenvalue weighted by Crippen LogP contribution is 2.36. The molecule has 20 heavy (non-hydrogen) atoms. The first kappa shape index (κ1) is 13.1. The van der Waals surface area contributed by atoms with Gasteiger partial charge in [-0.15, -0.1) is 5.10 Å². The number of aromatic nitrogens is 3. The Hall–Kier alpha value is -1.88. The third kappa shape index (κ3) is 1.81. The summed E-state index contributed by atoms with van der Waals surface area (Å²) in [4.78, 5) is 12.1. The number of amides is 1. The van der Waals surface area contributed by atoms with Crippen LogP contribution in [0, 0.1) is 13.8 Å². The van der Waals surface area contributed by atoms with Crippen LogP contribution < -0.4 is 5.32 Å². The molecule has 6 heteroatoms. The average Bonchev–Trinajstić information content (AvgIpc) is 2.73. The molecular formula is C14H15ClN4O. The van der Waals surface area contributed by atoms with Gasteiger partial charge in [0.05, 0.1) is 22.0 Å². The first-order valence-corrected chi connectivity index (χ1v) is 6.85. The third-order valence-electron chi connectivity index (χ3n) is 3.73. The standard InChI is InChI=1S/C14H15ClN4O/c1-7-6-10(13-8(2)17-18-19(13)3)12(15)11-9(7)4-5-16-14(11)20/h6H,4-5H2,1-3H3,(H,16,20). The number of aryl methyl sites for hydroxylation is 3. The van der Waals surface area contributed by atoms with Crippen LogP contribution in [0.5, 0.6) is 0 Å². The van der Waals surface area contributed by atoms with Crippen LogP contribution in [0.3, 0.4) is 0 Å². The quantitative estimate of drug-likeness (QED) is 0.874. The molecule has 1 aliphatic rings. The van der Waals surface area contributed by atoms with E-state index in [-0.39, 0.29) is 5.91 Å². The van der Waals surface area contributed by atoms with Crippen LogP contribution in [0.2, 0.25) is 5.02 Å². The van der Waals surface area contributed by atoms with Gasteiger partial charge < -0.3 is 5.32 Å². The molecule has 0 bridgehead atoms. The monoisotopic (exact) mass is 290 g/mol. The number of halogens is 1. The van der Waals surface area contributed by atoms with Crippen molar-refractivity contribution in [2.24, 2.45) is 7.05 Å². The molecule has 1 aliphatic heterocycles. The molecule has 1 aromatic heterocycles. The lowest BCUT2D eigenvalue weighted by molar-refractivity contribution is 0.0946. The molecule has 1 N–H and O–H groups in total. The largest absolute Gasteiger partial charge is 0.352 e. The van der Waals surface area contributed by atoms with Gasteiger partial charge >= 0.3 is 0 Å². The van der Waals surface area contributed by atoms with E-state index in [2.05, 4.69) is 15.6 Å². The van der Waals surface area contributed by atoms with E-state index in [1.807, 2.05) is 27.0 Å². The molecule has 2 aromatic rings. The number of nitrogens with zero attached hydrogens (tertiary/aromatic N) is 3. The Morgan fingerprint density at radius 2 is 2.15 bits per heavy atom. The van der Waals surface area contributed by atoms with Crippen molar-refractivity contribution < 1.29 is 4.79 Å². The topological polar surface area (TPSA) is 59.8 Å². The predicted molar refractivity (Wildman–Crippen MR) is 77.0 cm³/mol. The molecule has 1 amide bonds. The summed E-state index contributed by atoms with van der Waals surface area (Å²) in [6.07, 6.45) is 0.815. The molecule has 0 aliphatic carbocycles. The fourth-order valence-corrected chi connectivity index (χ4v) is 3.13. The van der Waals surface area contributed by atoms with E-state index < -0.39 is 0 Å². The Bertz CT molecular complexity index is 701. The van der Waals surface area contributed by atoms with Crippen molar-refractivity contribution in [3.63, 3.8) is 0 Å². The van der Waals surface area contributed by atoms with E-state index >= 15 is 0 Å². The Kier molecular flexibility index (Phi) is 3.01.